The lowest BCUT2D eigenvalue weighted by Gasteiger charge is -2.19. The second-order valence-electron chi connectivity index (χ2n) is 4.31. The smallest absolute Gasteiger partial charge is 0.131 e. The maximum atomic E-state index is 9.07. The Balaban J connectivity index is 2.58. The molecule has 0 radical (unpaired) electrons. The SMILES string of the molecule is CCCNc1cc(NC(C)C(C)CO)ncn1. The van der Waals surface area contributed by atoms with Gasteiger partial charge in [0.05, 0.1) is 0 Å². The predicted molar refractivity (Wildman–Crippen MR) is 70.1 cm³/mol. The highest BCUT2D eigenvalue weighted by molar-refractivity contribution is 5.46. The third-order valence-corrected chi connectivity index (χ3v) is 2.74. The fourth-order valence-corrected chi connectivity index (χ4v) is 1.32. The van der Waals surface area contributed by atoms with Gasteiger partial charge in [-0.05, 0) is 19.3 Å². The van der Waals surface area contributed by atoms with Crippen LogP contribution in [0.25, 0.3) is 0 Å². The number of rotatable bonds is 7. The summed E-state index contributed by atoms with van der Waals surface area (Å²) in [5.74, 6) is 1.80. The standard InChI is InChI=1S/C12H22N4O/c1-4-5-13-11-6-12(15-8-14-11)16-10(3)9(2)7-17/h6,8-10,17H,4-5,7H2,1-3H3,(H2,13,14,15,16). The number of anilines is 2. The van der Waals surface area contributed by atoms with Gasteiger partial charge >= 0.3 is 0 Å². The molecule has 0 aliphatic rings. The number of nitrogens with zero attached hydrogens (tertiary/aromatic N) is 2. The van der Waals surface area contributed by atoms with Crippen LogP contribution < -0.4 is 10.6 Å². The van der Waals surface area contributed by atoms with Gasteiger partial charge in [0.2, 0.25) is 0 Å². The first kappa shape index (κ1) is 13.7. The summed E-state index contributed by atoms with van der Waals surface area (Å²) < 4.78 is 0. The first-order valence-corrected chi connectivity index (χ1v) is 6.10. The van der Waals surface area contributed by atoms with Crippen LogP contribution in [0.15, 0.2) is 12.4 Å². The van der Waals surface area contributed by atoms with Crippen LogP contribution in [0.5, 0.6) is 0 Å². The van der Waals surface area contributed by atoms with Crippen LogP contribution in [0.2, 0.25) is 0 Å². The van der Waals surface area contributed by atoms with Crippen molar-refractivity contribution in [2.24, 2.45) is 5.92 Å². The molecule has 0 bridgehead atoms. The average Bonchev–Trinajstić information content (AvgIpc) is 2.35. The molecule has 17 heavy (non-hydrogen) atoms. The van der Waals surface area contributed by atoms with Gasteiger partial charge in [0.15, 0.2) is 0 Å². The van der Waals surface area contributed by atoms with E-state index in [4.69, 9.17) is 5.11 Å². The maximum Gasteiger partial charge on any atom is 0.131 e. The van der Waals surface area contributed by atoms with Crippen molar-refractivity contribution >= 4 is 11.6 Å². The Kier molecular flexibility index (Phi) is 5.69. The molecule has 1 aromatic rings. The molecule has 0 aromatic carbocycles. The van der Waals surface area contributed by atoms with E-state index in [0.29, 0.717) is 0 Å². The van der Waals surface area contributed by atoms with Gasteiger partial charge in [-0.15, -0.1) is 0 Å². The highest BCUT2D eigenvalue weighted by atomic mass is 16.3. The molecule has 1 aromatic heterocycles. The average molecular weight is 238 g/mol. The predicted octanol–water partition coefficient (Wildman–Crippen LogP) is 1.73. The van der Waals surface area contributed by atoms with Crippen LogP contribution in [0.1, 0.15) is 27.2 Å². The monoisotopic (exact) mass is 238 g/mol. The zero-order valence-electron chi connectivity index (χ0n) is 10.8. The van der Waals surface area contributed by atoms with E-state index in [1.807, 2.05) is 19.9 Å². The van der Waals surface area contributed by atoms with E-state index in [-0.39, 0.29) is 18.6 Å². The van der Waals surface area contributed by atoms with Crippen molar-refractivity contribution in [1.82, 2.24) is 9.97 Å². The lowest BCUT2D eigenvalue weighted by molar-refractivity contribution is 0.226. The van der Waals surface area contributed by atoms with E-state index in [9.17, 15) is 0 Å². The second-order valence-corrected chi connectivity index (χ2v) is 4.31. The molecular formula is C12H22N4O. The number of aromatic nitrogens is 2. The topological polar surface area (TPSA) is 70.1 Å². The summed E-state index contributed by atoms with van der Waals surface area (Å²) in [5.41, 5.74) is 0. The highest BCUT2D eigenvalue weighted by Gasteiger charge is 2.11. The zero-order chi connectivity index (χ0) is 12.7. The second kappa shape index (κ2) is 7.06. The summed E-state index contributed by atoms with van der Waals surface area (Å²) in [4.78, 5) is 8.30. The third-order valence-electron chi connectivity index (χ3n) is 2.74. The highest BCUT2D eigenvalue weighted by Crippen LogP contribution is 2.12. The molecule has 1 rings (SSSR count). The van der Waals surface area contributed by atoms with Gasteiger partial charge < -0.3 is 15.7 Å². The van der Waals surface area contributed by atoms with E-state index in [0.717, 1.165) is 24.6 Å². The number of hydrogen-bond acceptors (Lipinski definition) is 5. The van der Waals surface area contributed by atoms with E-state index in [2.05, 4.69) is 27.5 Å². The van der Waals surface area contributed by atoms with Crippen molar-refractivity contribution in [3.8, 4) is 0 Å². The van der Waals surface area contributed by atoms with Crippen molar-refractivity contribution in [2.75, 3.05) is 23.8 Å². The molecule has 5 heteroatoms. The quantitative estimate of drug-likeness (QED) is 0.675. The molecule has 0 aliphatic carbocycles. The van der Waals surface area contributed by atoms with Gasteiger partial charge in [0.1, 0.15) is 18.0 Å². The van der Waals surface area contributed by atoms with Crippen LogP contribution in [-0.2, 0) is 0 Å². The normalized spacial score (nSPS) is 14.1. The molecule has 2 unspecified atom stereocenters. The lowest BCUT2D eigenvalue weighted by atomic mass is 10.1. The van der Waals surface area contributed by atoms with Gasteiger partial charge in [0, 0.05) is 25.3 Å². The Morgan fingerprint density at radius 3 is 2.65 bits per heavy atom. The zero-order valence-corrected chi connectivity index (χ0v) is 10.8. The summed E-state index contributed by atoms with van der Waals surface area (Å²) in [7, 11) is 0. The molecule has 1 heterocycles. The molecule has 0 spiro atoms. The number of nitrogens with one attached hydrogen (secondary N) is 2. The van der Waals surface area contributed by atoms with Crippen LogP contribution in [0.3, 0.4) is 0 Å². The summed E-state index contributed by atoms with van der Waals surface area (Å²) in [6.45, 7) is 7.20. The Bertz CT molecular complexity index is 332. The van der Waals surface area contributed by atoms with Gasteiger partial charge in [-0.25, -0.2) is 9.97 Å². The molecule has 2 atom stereocenters. The maximum absolute atomic E-state index is 9.07. The first-order valence-electron chi connectivity index (χ1n) is 6.10. The van der Waals surface area contributed by atoms with Crippen LogP contribution in [-0.4, -0.2) is 34.3 Å². The van der Waals surface area contributed by atoms with Crippen LogP contribution >= 0.6 is 0 Å². The molecule has 0 aliphatic heterocycles. The summed E-state index contributed by atoms with van der Waals surface area (Å²) in [6.07, 6.45) is 2.60. The molecule has 96 valence electrons. The number of hydrogen-bond donors (Lipinski definition) is 3. The summed E-state index contributed by atoms with van der Waals surface area (Å²) >= 11 is 0. The Morgan fingerprint density at radius 2 is 2.00 bits per heavy atom. The number of aliphatic hydroxyl groups is 1. The van der Waals surface area contributed by atoms with Gasteiger partial charge in [-0.3, -0.25) is 0 Å². The van der Waals surface area contributed by atoms with Crippen molar-refractivity contribution in [3.63, 3.8) is 0 Å². The van der Waals surface area contributed by atoms with Gasteiger partial charge in [-0.2, -0.15) is 0 Å². The van der Waals surface area contributed by atoms with Crippen molar-refractivity contribution < 1.29 is 5.11 Å². The van der Waals surface area contributed by atoms with Crippen molar-refractivity contribution in [1.29, 1.82) is 0 Å². The molecule has 0 fully saturated rings. The molecule has 0 saturated heterocycles. The Morgan fingerprint density at radius 1 is 1.29 bits per heavy atom. The van der Waals surface area contributed by atoms with Crippen molar-refractivity contribution in [3.05, 3.63) is 12.4 Å². The van der Waals surface area contributed by atoms with Crippen LogP contribution in [0.4, 0.5) is 11.6 Å². The molecule has 0 amide bonds. The lowest BCUT2D eigenvalue weighted by Crippen LogP contribution is -2.26. The molecule has 3 N–H and O–H groups in total. The minimum absolute atomic E-state index is 0.167. The van der Waals surface area contributed by atoms with Crippen molar-refractivity contribution in [2.45, 2.75) is 33.2 Å². The van der Waals surface area contributed by atoms with E-state index >= 15 is 0 Å². The number of aliphatic hydroxyl groups excluding tert-OH is 1. The van der Waals surface area contributed by atoms with E-state index < -0.39 is 0 Å². The molecule has 0 saturated carbocycles. The fourth-order valence-electron chi connectivity index (χ4n) is 1.32. The Hall–Kier alpha value is -1.36. The largest absolute Gasteiger partial charge is 0.396 e. The molecule has 5 nitrogen and oxygen atoms in total. The summed E-state index contributed by atoms with van der Waals surface area (Å²) in [6, 6.07) is 2.06. The first-order chi connectivity index (χ1) is 8.17. The van der Waals surface area contributed by atoms with E-state index in [1.165, 1.54) is 6.33 Å². The minimum atomic E-state index is 0.167. The Labute approximate surface area is 103 Å². The molecular weight excluding hydrogens is 216 g/mol. The fraction of sp³-hybridized carbons (Fsp3) is 0.667. The van der Waals surface area contributed by atoms with Gasteiger partial charge in [-0.1, -0.05) is 13.8 Å². The minimum Gasteiger partial charge on any atom is -0.396 e. The van der Waals surface area contributed by atoms with Crippen LogP contribution in [0, 0.1) is 5.92 Å². The van der Waals surface area contributed by atoms with Gasteiger partial charge in [0.25, 0.3) is 0 Å². The summed E-state index contributed by atoms with van der Waals surface area (Å²) in [5, 5.41) is 15.5. The third kappa shape index (κ3) is 4.56. The van der Waals surface area contributed by atoms with E-state index in [1.54, 1.807) is 0 Å².